The van der Waals surface area contributed by atoms with Gasteiger partial charge in [-0.05, 0) is 32.4 Å². The number of nitrogens with zero attached hydrogens (tertiary/aromatic N) is 1. The molecule has 1 saturated heterocycles. The number of amides is 3. The monoisotopic (exact) mass is 270 g/mol. The van der Waals surface area contributed by atoms with Gasteiger partial charge in [0.15, 0.2) is 0 Å². The summed E-state index contributed by atoms with van der Waals surface area (Å²) in [5.41, 5.74) is 0. The van der Waals surface area contributed by atoms with E-state index < -0.39 is 6.03 Å². The van der Waals surface area contributed by atoms with Crippen molar-refractivity contribution in [2.75, 3.05) is 33.2 Å². The Morgan fingerprint density at radius 2 is 2.16 bits per heavy atom. The smallest absolute Gasteiger partial charge is 0.321 e. The molecule has 110 valence electrons. The zero-order chi connectivity index (χ0) is 14.3. The van der Waals surface area contributed by atoms with Gasteiger partial charge < -0.3 is 10.6 Å². The van der Waals surface area contributed by atoms with E-state index >= 15 is 0 Å². The third-order valence-corrected chi connectivity index (χ3v) is 3.21. The zero-order valence-corrected chi connectivity index (χ0v) is 12.2. The van der Waals surface area contributed by atoms with Gasteiger partial charge in [-0.3, -0.25) is 15.0 Å². The number of likely N-dealkylation sites (N-methyl/N-ethyl adjacent to an activating group) is 1. The molecule has 0 saturated carbocycles. The van der Waals surface area contributed by atoms with Crippen molar-refractivity contribution in [2.45, 2.75) is 32.7 Å². The number of urea groups is 1. The highest BCUT2D eigenvalue weighted by Crippen LogP contribution is 2.07. The van der Waals surface area contributed by atoms with Crippen molar-refractivity contribution in [1.29, 1.82) is 0 Å². The number of hydrogen-bond acceptors (Lipinski definition) is 4. The quantitative estimate of drug-likeness (QED) is 0.665. The molecule has 3 amide bonds. The molecule has 1 unspecified atom stereocenters. The van der Waals surface area contributed by atoms with Crippen LogP contribution in [0.4, 0.5) is 4.79 Å². The van der Waals surface area contributed by atoms with Crippen LogP contribution in [-0.2, 0) is 4.79 Å². The lowest BCUT2D eigenvalue weighted by molar-refractivity contribution is -0.121. The summed E-state index contributed by atoms with van der Waals surface area (Å²) < 4.78 is 0. The molecule has 19 heavy (non-hydrogen) atoms. The first-order valence-corrected chi connectivity index (χ1v) is 6.97. The molecule has 6 heteroatoms. The van der Waals surface area contributed by atoms with Gasteiger partial charge in [-0.2, -0.15) is 0 Å². The molecule has 0 aromatic carbocycles. The maximum atomic E-state index is 11.7. The lowest BCUT2D eigenvalue weighted by Crippen LogP contribution is -2.49. The van der Waals surface area contributed by atoms with Gasteiger partial charge in [-0.15, -0.1) is 0 Å². The van der Waals surface area contributed by atoms with Crippen molar-refractivity contribution in [3.05, 3.63) is 0 Å². The van der Waals surface area contributed by atoms with E-state index in [-0.39, 0.29) is 12.5 Å². The minimum absolute atomic E-state index is 0.251. The molecule has 0 aromatic heterocycles. The number of carbonyl (C=O) groups excluding carboxylic acids is 2. The summed E-state index contributed by atoms with van der Waals surface area (Å²) in [5, 5.41) is 8.33. The summed E-state index contributed by atoms with van der Waals surface area (Å²) in [5.74, 6) is 0.117. The first kappa shape index (κ1) is 15.9. The molecule has 6 nitrogen and oxygen atoms in total. The van der Waals surface area contributed by atoms with Crippen LogP contribution in [0.2, 0.25) is 0 Å². The standard InChI is InChI=1S/C13H26N4O2/c1-10(2)7-15-13(19)16-12(18)9-17(3)11-5-4-6-14-8-11/h10-11,14H,4-9H2,1-3H3,(H2,15,16,18,19). The van der Waals surface area contributed by atoms with E-state index in [0.29, 0.717) is 18.5 Å². The van der Waals surface area contributed by atoms with Crippen LogP contribution < -0.4 is 16.0 Å². The number of rotatable bonds is 5. The van der Waals surface area contributed by atoms with Gasteiger partial charge in [0.05, 0.1) is 6.54 Å². The lowest BCUT2D eigenvalue weighted by atomic mass is 10.1. The molecule has 1 aliphatic heterocycles. The van der Waals surface area contributed by atoms with Crippen molar-refractivity contribution in [3.63, 3.8) is 0 Å². The summed E-state index contributed by atoms with van der Waals surface area (Å²) >= 11 is 0. The van der Waals surface area contributed by atoms with E-state index in [1.807, 2.05) is 25.8 Å². The zero-order valence-electron chi connectivity index (χ0n) is 12.2. The Balaban J connectivity index is 2.23. The lowest BCUT2D eigenvalue weighted by Gasteiger charge is -2.31. The van der Waals surface area contributed by atoms with Gasteiger partial charge >= 0.3 is 6.03 Å². The third-order valence-electron chi connectivity index (χ3n) is 3.21. The van der Waals surface area contributed by atoms with E-state index in [4.69, 9.17) is 0 Å². The number of imide groups is 1. The van der Waals surface area contributed by atoms with Crippen molar-refractivity contribution in [3.8, 4) is 0 Å². The fourth-order valence-corrected chi connectivity index (χ4v) is 2.07. The van der Waals surface area contributed by atoms with Crippen molar-refractivity contribution < 1.29 is 9.59 Å². The van der Waals surface area contributed by atoms with E-state index in [9.17, 15) is 9.59 Å². The van der Waals surface area contributed by atoms with Crippen LogP contribution in [0.1, 0.15) is 26.7 Å². The minimum atomic E-state index is -0.408. The molecule has 1 fully saturated rings. The number of carbonyl (C=O) groups is 2. The molecule has 0 bridgehead atoms. The molecule has 1 heterocycles. The van der Waals surface area contributed by atoms with Gasteiger partial charge in [0.1, 0.15) is 0 Å². The average Bonchev–Trinajstić information content (AvgIpc) is 2.37. The SMILES string of the molecule is CC(C)CNC(=O)NC(=O)CN(C)C1CCCNC1. The maximum absolute atomic E-state index is 11.7. The molecule has 0 aromatic rings. The Morgan fingerprint density at radius 1 is 1.42 bits per heavy atom. The molecule has 1 atom stereocenters. The number of nitrogens with one attached hydrogen (secondary N) is 3. The van der Waals surface area contributed by atoms with Crippen LogP contribution >= 0.6 is 0 Å². The second-order valence-corrected chi connectivity index (χ2v) is 5.57. The Morgan fingerprint density at radius 3 is 2.74 bits per heavy atom. The third kappa shape index (κ3) is 6.54. The van der Waals surface area contributed by atoms with E-state index in [1.54, 1.807) is 0 Å². The highest BCUT2D eigenvalue weighted by molar-refractivity contribution is 5.95. The highest BCUT2D eigenvalue weighted by Gasteiger charge is 2.20. The second-order valence-electron chi connectivity index (χ2n) is 5.57. The fourth-order valence-electron chi connectivity index (χ4n) is 2.07. The molecule has 1 rings (SSSR count). The van der Waals surface area contributed by atoms with Gasteiger partial charge in [0.2, 0.25) is 5.91 Å². The van der Waals surface area contributed by atoms with E-state index in [2.05, 4.69) is 16.0 Å². The fraction of sp³-hybridized carbons (Fsp3) is 0.846. The van der Waals surface area contributed by atoms with Crippen LogP contribution in [-0.4, -0.2) is 56.1 Å². The largest absolute Gasteiger partial charge is 0.338 e. The Bertz CT molecular complexity index is 301. The molecule has 0 aliphatic carbocycles. The summed E-state index contributed by atoms with van der Waals surface area (Å²) in [7, 11) is 1.92. The van der Waals surface area contributed by atoms with Gasteiger partial charge in [-0.1, -0.05) is 13.8 Å². The molecule has 0 radical (unpaired) electrons. The predicted molar refractivity (Wildman–Crippen MR) is 74.9 cm³/mol. The van der Waals surface area contributed by atoms with Gasteiger partial charge in [0.25, 0.3) is 0 Å². The second kappa shape index (κ2) is 8.12. The molecule has 3 N–H and O–H groups in total. The van der Waals surface area contributed by atoms with Gasteiger partial charge in [-0.25, -0.2) is 4.79 Å². The molecule has 0 spiro atoms. The molecular formula is C13H26N4O2. The van der Waals surface area contributed by atoms with Crippen LogP contribution in [0.3, 0.4) is 0 Å². The van der Waals surface area contributed by atoms with Crippen LogP contribution in [0, 0.1) is 5.92 Å². The first-order chi connectivity index (χ1) is 8.99. The van der Waals surface area contributed by atoms with Gasteiger partial charge in [0, 0.05) is 19.1 Å². The number of piperidine rings is 1. The summed E-state index contributed by atoms with van der Waals surface area (Å²) in [4.78, 5) is 25.2. The Kier molecular flexibility index (Phi) is 6.80. The van der Waals surface area contributed by atoms with Crippen molar-refractivity contribution in [2.24, 2.45) is 5.92 Å². The van der Waals surface area contributed by atoms with Crippen molar-refractivity contribution in [1.82, 2.24) is 20.9 Å². The number of hydrogen-bond donors (Lipinski definition) is 3. The first-order valence-electron chi connectivity index (χ1n) is 6.97. The summed E-state index contributed by atoms with van der Waals surface area (Å²) in [6.45, 7) is 6.79. The normalized spacial score (nSPS) is 19.5. The summed E-state index contributed by atoms with van der Waals surface area (Å²) in [6, 6.07) is -0.0351. The maximum Gasteiger partial charge on any atom is 0.321 e. The average molecular weight is 270 g/mol. The Hall–Kier alpha value is -1.14. The van der Waals surface area contributed by atoms with Crippen molar-refractivity contribution >= 4 is 11.9 Å². The highest BCUT2D eigenvalue weighted by atomic mass is 16.2. The topological polar surface area (TPSA) is 73.5 Å². The van der Waals surface area contributed by atoms with Crippen LogP contribution in [0.15, 0.2) is 0 Å². The van der Waals surface area contributed by atoms with Crippen LogP contribution in [0.25, 0.3) is 0 Å². The minimum Gasteiger partial charge on any atom is -0.338 e. The Labute approximate surface area is 115 Å². The van der Waals surface area contributed by atoms with E-state index in [0.717, 1.165) is 25.9 Å². The molecular weight excluding hydrogens is 244 g/mol. The molecule has 1 aliphatic rings. The summed E-state index contributed by atoms with van der Waals surface area (Å²) in [6.07, 6.45) is 2.22. The van der Waals surface area contributed by atoms with Crippen LogP contribution in [0.5, 0.6) is 0 Å². The van der Waals surface area contributed by atoms with E-state index in [1.165, 1.54) is 0 Å². The predicted octanol–water partition coefficient (Wildman–Crippen LogP) is 0.152.